The van der Waals surface area contributed by atoms with Crippen LogP contribution in [-0.2, 0) is 17.9 Å². The Bertz CT molecular complexity index is 1110. The maximum atomic E-state index is 13.3. The molecule has 0 saturated carbocycles. The average Bonchev–Trinajstić information content (AvgIpc) is 3.24. The molecule has 0 fully saturated rings. The number of likely N-dealkylation sites (N-methyl/N-ethyl adjacent to an activating group) is 1. The number of benzene rings is 2. The van der Waals surface area contributed by atoms with Gasteiger partial charge in [-0.05, 0) is 60.9 Å². The summed E-state index contributed by atoms with van der Waals surface area (Å²) in [6.07, 6.45) is 1.98. The summed E-state index contributed by atoms with van der Waals surface area (Å²) >= 11 is 6.34. The molecular weight excluding hydrogens is 453 g/mol. The number of halogens is 2. The van der Waals surface area contributed by atoms with Crippen molar-refractivity contribution in [1.29, 1.82) is 0 Å². The molecule has 0 aliphatic rings. The smallest absolute Gasteiger partial charge is 0.254 e. The largest absolute Gasteiger partial charge is 0.345 e. The van der Waals surface area contributed by atoms with Crippen molar-refractivity contribution in [1.82, 2.24) is 14.4 Å². The van der Waals surface area contributed by atoms with Gasteiger partial charge in [-0.1, -0.05) is 43.6 Å². The maximum Gasteiger partial charge on any atom is 0.254 e. The first-order valence-corrected chi connectivity index (χ1v) is 11.9. The molecule has 7 heteroatoms. The van der Waals surface area contributed by atoms with E-state index in [1.807, 2.05) is 49.5 Å². The summed E-state index contributed by atoms with van der Waals surface area (Å²) in [5.41, 5.74) is 2.35. The molecule has 180 valence electrons. The number of hydrogen-bond acceptors (Lipinski definition) is 2. The van der Waals surface area contributed by atoms with Gasteiger partial charge in [0.2, 0.25) is 5.91 Å². The van der Waals surface area contributed by atoms with Gasteiger partial charge in [0.1, 0.15) is 12.4 Å². The van der Waals surface area contributed by atoms with Crippen LogP contribution in [0.2, 0.25) is 5.02 Å². The average molecular weight is 484 g/mol. The fraction of sp³-hybridized carbons (Fsp3) is 0.333. The minimum Gasteiger partial charge on any atom is -0.345 e. The van der Waals surface area contributed by atoms with E-state index in [2.05, 4.69) is 18.4 Å². The lowest BCUT2D eigenvalue weighted by molar-refractivity contribution is -0.133. The lowest BCUT2D eigenvalue weighted by Gasteiger charge is -2.29. The second-order valence-electron chi connectivity index (χ2n) is 8.71. The van der Waals surface area contributed by atoms with Crippen LogP contribution in [0.4, 0.5) is 4.39 Å². The van der Waals surface area contributed by atoms with Crippen LogP contribution in [0.25, 0.3) is 0 Å². The first-order chi connectivity index (χ1) is 16.3. The lowest BCUT2D eigenvalue weighted by Crippen LogP contribution is -2.44. The number of hydrogen-bond donors (Lipinski definition) is 0. The first kappa shape index (κ1) is 25.5. The van der Waals surface area contributed by atoms with Gasteiger partial charge in [-0.25, -0.2) is 4.39 Å². The molecule has 0 aliphatic heterocycles. The van der Waals surface area contributed by atoms with Crippen molar-refractivity contribution in [3.8, 4) is 0 Å². The number of carbonyl (C=O) groups is 2. The van der Waals surface area contributed by atoms with E-state index in [1.54, 1.807) is 4.90 Å². The van der Waals surface area contributed by atoms with Gasteiger partial charge < -0.3 is 14.4 Å². The molecule has 0 aliphatic carbocycles. The number of rotatable bonds is 10. The third-order valence-electron chi connectivity index (χ3n) is 5.60. The Balaban J connectivity index is 1.75. The van der Waals surface area contributed by atoms with E-state index in [9.17, 15) is 14.0 Å². The molecule has 2 aromatic carbocycles. The van der Waals surface area contributed by atoms with E-state index in [0.717, 1.165) is 11.3 Å². The first-order valence-electron chi connectivity index (χ1n) is 11.5. The quantitative estimate of drug-likeness (QED) is 0.383. The highest BCUT2D eigenvalue weighted by Gasteiger charge is 2.23. The Morgan fingerprint density at radius 1 is 1.00 bits per heavy atom. The van der Waals surface area contributed by atoms with Crippen molar-refractivity contribution in [2.75, 3.05) is 19.6 Å². The van der Waals surface area contributed by atoms with Gasteiger partial charge in [0.15, 0.2) is 0 Å². The fourth-order valence-corrected chi connectivity index (χ4v) is 4.01. The predicted octanol–water partition coefficient (Wildman–Crippen LogP) is 5.48. The van der Waals surface area contributed by atoms with E-state index in [1.165, 1.54) is 29.2 Å². The van der Waals surface area contributed by atoms with E-state index in [0.29, 0.717) is 36.8 Å². The normalized spacial score (nSPS) is 11.0. The molecule has 0 unspecified atom stereocenters. The van der Waals surface area contributed by atoms with E-state index < -0.39 is 5.82 Å². The molecule has 3 aromatic rings. The molecule has 0 N–H and O–H groups in total. The van der Waals surface area contributed by atoms with Crippen LogP contribution in [0, 0.1) is 11.7 Å². The summed E-state index contributed by atoms with van der Waals surface area (Å²) in [4.78, 5) is 29.5. The SMILES string of the molecule is CCN(CC(=O)N(Cc1cccn1Cc1ccccc1Cl)CC(C)C)C(=O)c1ccc(F)cc1. The molecule has 0 spiro atoms. The second-order valence-corrected chi connectivity index (χ2v) is 9.12. The lowest BCUT2D eigenvalue weighted by atomic mass is 10.1. The molecule has 5 nitrogen and oxygen atoms in total. The Morgan fingerprint density at radius 3 is 2.35 bits per heavy atom. The van der Waals surface area contributed by atoms with E-state index >= 15 is 0 Å². The monoisotopic (exact) mass is 483 g/mol. The van der Waals surface area contributed by atoms with Crippen molar-refractivity contribution in [3.05, 3.63) is 94.5 Å². The zero-order chi connectivity index (χ0) is 24.7. The molecule has 0 bridgehead atoms. The van der Waals surface area contributed by atoms with Crippen LogP contribution < -0.4 is 0 Å². The molecule has 3 rings (SSSR count). The van der Waals surface area contributed by atoms with Crippen LogP contribution in [0.1, 0.15) is 42.4 Å². The van der Waals surface area contributed by atoms with Crippen LogP contribution >= 0.6 is 11.6 Å². The molecule has 1 aromatic heterocycles. The van der Waals surface area contributed by atoms with Crippen molar-refractivity contribution in [3.63, 3.8) is 0 Å². The molecule has 0 atom stereocenters. The van der Waals surface area contributed by atoms with E-state index in [4.69, 9.17) is 11.6 Å². The van der Waals surface area contributed by atoms with Gasteiger partial charge in [-0.2, -0.15) is 0 Å². The summed E-state index contributed by atoms with van der Waals surface area (Å²) in [6.45, 7) is 7.89. The summed E-state index contributed by atoms with van der Waals surface area (Å²) in [7, 11) is 0. The van der Waals surface area contributed by atoms with Crippen LogP contribution in [0.3, 0.4) is 0 Å². The zero-order valence-electron chi connectivity index (χ0n) is 19.9. The Labute approximate surface area is 205 Å². The van der Waals surface area contributed by atoms with Gasteiger partial charge in [0, 0.05) is 42.1 Å². The highest BCUT2D eigenvalue weighted by molar-refractivity contribution is 6.31. The van der Waals surface area contributed by atoms with Gasteiger partial charge >= 0.3 is 0 Å². The Morgan fingerprint density at radius 2 is 1.71 bits per heavy atom. The zero-order valence-corrected chi connectivity index (χ0v) is 20.6. The molecule has 1 heterocycles. The van der Waals surface area contributed by atoms with Crippen molar-refractivity contribution >= 4 is 23.4 Å². The standard InChI is InChI=1S/C27H31ClFN3O2/c1-4-30(27(34)21-11-13-23(29)14-12-21)19-26(33)32(16-20(2)3)18-24-9-7-15-31(24)17-22-8-5-6-10-25(22)28/h5-15,20H,4,16-19H2,1-3H3. The number of aromatic nitrogens is 1. The summed E-state index contributed by atoms with van der Waals surface area (Å²) in [5.74, 6) is -0.559. The van der Waals surface area contributed by atoms with Gasteiger partial charge in [0.25, 0.3) is 5.91 Å². The fourth-order valence-electron chi connectivity index (χ4n) is 3.81. The van der Waals surface area contributed by atoms with Crippen molar-refractivity contribution in [2.24, 2.45) is 5.92 Å². The third-order valence-corrected chi connectivity index (χ3v) is 5.97. The molecular formula is C27H31ClFN3O2. The molecule has 0 radical (unpaired) electrons. The highest BCUT2D eigenvalue weighted by atomic mass is 35.5. The third kappa shape index (κ3) is 6.70. The highest BCUT2D eigenvalue weighted by Crippen LogP contribution is 2.19. The number of nitrogens with zero attached hydrogens (tertiary/aromatic N) is 3. The van der Waals surface area contributed by atoms with Gasteiger partial charge in [0.05, 0.1) is 6.54 Å². The minimum absolute atomic E-state index is 0.0371. The number of carbonyl (C=O) groups excluding carboxylic acids is 2. The topological polar surface area (TPSA) is 45.6 Å². The summed E-state index contributed by atoms with van der Waals surface area (Å²) < 4.78 is 15.3. The van der Waals surface area contributed by atoms with Gasteiger partial charge in [-0.3, -0.25) is 9.59 Å². The van der Waals surface area contributed by atoms with Gasteiger partial charge in [-0.15, -0.1) is 0 Å². The Hall–Kier alpha value is -3.12. The molecule has 34 heavy (non-hydrogen) atoms. The van der Waals surface area contributed by atoms with E-state index in [-0.39, 0.29) is 24.3 Å². The van der Waals surface area contributed by atoms with Crippen LogP contribution in [0.15, 0.2) is 66.9 Å². The Kier molecular flexibility index (Phi) is 8.88. The summed E-state index contributed by atoms with van der Waals surface area (Å²) in [6, 6.07) is 17.1. The minimum atomic E-state index is -0.404. The van der Waals surface area contributed by atoms with Crippen molar-refractivity contribution in [2.45, 2.75) is 33.9 Å². The van der Waals surface area contributed by atoms with Crippen LogP contribution in [0.5, 0.6) is 0 Å². The summed E-state index contributed by atoms with van der Waals surface area (Å²) in [5, 5.41) is 0.704. The predicted molar refractivity (Wildman–Crippen MR) is 133 cm³/mol. The second kappa shape index (κ2) is 11.8. The molecule has 2 amide bonds. The van der Waals surface area contributed by atoms with Crippen molar-refractivity contribution < 1.29 is 14.0 Å². The molecule has 0 saturated heterocycles. The maximum absolute atomic E-state index is 13.3. The van der Waals surface area contributed by atoms with Crippen LogP contribution in [-0.4, -0.2) is 45.8 Å². The number of amides is 2.